The Balaban J connectivity index is 0.000000164. The molecule has 0 unspecified atom stereocenters. The number of aromatic nitrogens is 3. The molecule has 6 aromatic carbocycles. The molecule has 0 radical (unpaired) electrons. The van der Waals surface area contributed by atoms with Crippen LogP contribution in [0.15, 0.2) is 127 Å². The maximum Gasteiger partial charge on any atom is 0.307 e. The van der Waals surface area contributed by atoms with Gasteiger partial charge >= 0.3 is 17.9 Å². The van der Waals surface area contributed by atoms with E-state index in [0.29, 0.717) is 115 Å². The number of carbonyl (C=O) groups is 6. The molecule has 3 heterocycles. The van der Waals surface area contributed by atoms with Crippen molar-refractivity contribution in [2.45, 2.75) is 40.0 Å². The van der Waals surface area contributed by atoms with Crippen LogP contribution in [0.1, 0.15) is 64.8 Å². The number of halogens is 3. The van der Waals surface area contributed by atoms with Crippen molar-refractivity contribution in [2.24, 2.45) is 0 Å². The molecular weight excluding hydrogens is 1020 g/mol. The van der Waals surface area contributed by atoms with Gasteiger partial charge in [0, 0.05) is 65.0 Å². The fourth-order valence-corrected chi connectivity index (χ4v) is 9.22. The second-order valence-electron chi connectivity index (χ2n) is 17.0. The number of ether oxygens (including phenoxy) is 3. The standard InChI is InChI=1S/3C19H16ClNO4/c3*1-11-15(10-18(22)23)16-9-14(25-2)7-8-17(16)21(11)19(24)12-3-5-13(20)6-4-12/h3*3-9H,10H2,1-2H3,(H,22,23). The lowest BCUT2D eigenvalue weighted by Gasteiger charge is -2.08. The maximum atomic E-state index is 13.0. The molecule has 0 aliphatic carbocycles. The van der Waals surface area contributed by atoms with E-state index in [0.717, 1.165) is 0 Å². The number of hydrogen-bond donors (Lipinski definition) is 3. The number of aliphatic carboxylic acids is 3. The monoisotopic (exact) mass is 1070 g/mol. The third-order valence-corrected chi connectivity index (χ3v) is 13.2. The average molecular weight is 1070 g/mol. The summed E-state index contributed by atoms with van der Waals surface area (Å²) in [7, 11) is 4.63. The highest BCUT2D eigenvalue weighted by atomic mass is 35.5. The summed E-state index contributed by atoms with van der Waals surface area (Å²) in [6, 6.07) is 35.6. The fraction of sp³-hybridized carbons (Fsp3) is 0.158. The first kappa shape index (κ1) is 54.4. The van der Waals surface area contributed by atoms with Crippen LogP contribution < -0.4 is 14.2 Å². The van der Waals surface area contributed by atoms with Crippen molar-refractivity contribution in [3.63, 3.8) is 0 Å². The van der Waals surface area contributed by atoms with Crippen molar-refractivity contribution in [3.8, 4) is 17.2 Å². The number of carboxylic acid groups (broad SMARTS) is 3. The summed E-state index contributed by atoms with van der Waals surface area (Å²) >= 11 is 17.7. The molecule has 0 bridgehead atoms. The second-order valence-corrected chi connectivity index (χ2v) is 18.3. The largest absolute Gasteiger partial charge is 0.497 e. The van der Waals surface area contributed by atoms with Crippen molar-refractivity contribution >= 4 is 103 Å². The molecule has 384 valence electrons. The molecule has 0 aliphatic heterocycles. The molecule has 0 saturated carbocycles. The summed E-state index contributed by atoms with van der Waals surface area (Å²) < 4.78 is 20.3. The smallest absolute Gasteiger partial charge is 0.307 e. The van der Waals surface area contributed by atoms with E-state index < -0.39 is 17.9 Å². The zero-order valence-corrected chi connectivity index (χ0v) is 43.5. The molecule has 0 atom stereocenters. The minimum atomic E-state index is -0.955. The van der Waals surface area contributed by atoms with Gasteiger partial charge in [0.25, 0.3) is 17.7 Å². The maximum absolute atomic E-state index is 13.0. The molecule has 0 saturated heterocycles. The van der Waals surface area contributed by atoms with Crippen LogP contribution in [0.5, 0.6) is 17.2 Å². The van der Waals surface area contributed by atoms with Crippen LogP contribution in [0.4, 0.5) is 0 Å². The number of carbonyl (C=O) groups excluding carboxylic acids is 3. The highest BCUT2D eigenvalue weighted by Crippen LogP contribution is 2.34. The molecule has 75 heavy (non-hydrogen) atoms. The summed E-state index contributed by atoms with van der Waals surface area (Å²) in [4.78, 5) is 72.8. The van der Waals surface area contributed by atoms with Crippen molar-refractivity contribution in [3.05, 3.63) is 193 Å². The predicted octanol–water partition coefficient (Wildman–Crippen LogP) is 11.8. The predicted molar refractivity (Wildman–Crippen MR) is 287 cm³/mol. The van der Waals surface area contributed by atoms with Crippen LogP contribution in [0.25, 0.3) is 32.7 Å². The zero-order valence-electron chi connectivity index (χ0n) is 41.2. The second kappa shape index (κ2) is 23.2. The van der Waals surface area contributed by atoms with E-state index in [4.69, 9.17) is 49.0 Å². The number of hydrogen-bond acceptors (Lipinski definition) is 9. The van der Waals surface area contributed by atoms with Gasteiger partial charge in [-0.1, -0.05) is 34.8 Å². The molecular formula is C57H48Cl3N3O12. The SMILES string of the molecule is COc1ccc2c(c1)c(CC(=O)O)c(C)n2C(=O)c1ccc(Cl)cc1.COc1ccc2c(c1)c(CC(=O)O)c(C)n2C(=O)c1ccc(Cl)cc1.COc1ccc2c(c1)c(CC(=O)O)c(C)n2C(=O)c1ccc(Cl)cc1. The topological polar surface area (TPSA) is 206 Å². The first-order valence-corrected chi connectivity index (χ1v) is 24.0. The van der Waals surface area contributed by atoms with Gasteiger partial charge in [0.15, 0.2) is 0 Å². The lowest BCUT2D eigenvalue weighted by Crippen LogP contribution is -2.14. The molecule has 18 heteroatoms. The molecule has 0 aliphatic rings. The summed E-state index contributed by atoms with van der Waals surface area (Å²) in [5.74, 6) is -1.75. The van der Waals surface area contributed by atoms with Crippen molar-refractivity contribution in [1.29, 1.82) is 0 Å². The van der Waals surface area contributed by atoms with E-state index in [1.807, 2.05) is 0 Å². The summed E-state index contributed by atoms with van der Waals surface area (Å²) in [5, 5.41) is 31.4. The number of benzene rings is 6. The molecule has 3 aromatic heterocycles. The van der Waals surface area contributed by atoms with Crippen molar-refractivity contribution in [2.75, 3.05) is 21.3 Å². The van der Waals surface area contributed by atoms with Crippen LogP contribution in [0.2, 0.25) is 15.1 Å². The first-order chi connectivity index (χ1) is 35.8. The minimum absolute atomic E-state index is 0.170. The van der Waals surface area contributed by atoms with Crippen LogP contribution in [-0.4, -0.2) is 86.0 Å². The molecule has 0 spiro atoms. The lowest BCUT2D eigenvalue weighted by atomic mass is 10.1. The Kier molecular flexibility index (Phi) is 16.9. The third kappa shape index (κ3) is 11.7. The quantitative estimate of drug-likeness (QED) is 0.104. The molecule has 0 amide bonds. The van der Waals surface area contributed by atoms with Crippen molar-refractivity contribution < 1.29 is 58.3 Å². The van der Waals surface area contributed by atoms with Crippen molar-refractivity contribution in [1.82, 2.24) is 13.7 Å². The molecule has 3 N–H and O–H groups in total. The number of nitrogens with zero attached hydrogens (tertiary/aromatic N) is 3. The Morgan fingerprint density at radius 2 is 0.613 bits per heavy atom. The van der Waals surface area contributed by atoms with Crippen LogP contribution >= 0.6 is 34.8 Å². The van der Waals surface area contributed by atoms with Gasteiger partial charge in [0.1, 0.15) is 17.2 Å². The minimum Gasteiger partial charge on any atom is -0.497 e. The Labute approximate surface area is 444 Å². The fourth-order valence-electron chi connectivity index (χ4n) is 8.84. The van der Waals surface area contributed by atoms with E-state index >= 15 is 0 Å². The van der Waals surface area contributed by atoms with E-state index in [9.17, 15) is 44.1 Å². The van der Waals surface area contributed by atoms with Gasteiger partial charge < -0.3 is 29.5 Å². The Hall–Kier alpha value is -8.37. The first-order valence-electron chi connectivity index (χ1n) is 22.9. The van der Waals surface area contributed by atoms with Gasteiger partial charge in [-0.05, 0) is 165 Å². The van der Waals surface area contributed by atoms with Gasteiger partial charge in [-0.3, -0.25) is 42.5 Å². The Bertz CT molecular complexity index is 3300. The molecule has 9 rings (SSSR count). The lowest BCUT2D eigenvalue weighted by molar-refractivity contribution is -0.137. The number of fused-ring (bicyclic) bond motifs is 3. The van der Waals surface area contributed by atoms with Crippen LogP contribution in [0.3, 0.4) is 0 Å². The summed E-state index contributed by atoms with van der Waals surface area (Å²) in [6.45, 7) is 5.25. The number of carboxylic acids is 3. The molecule has 9 aromatic rings. The van der Waals surface area contributed by atoms with Gasteiger partial charge in [-0.2, -0.15) is 0 Å². The van der Waals surface area contributed by atoms with Gasteiger partial charge in [-0.25, -0.2) is 0 Å². The van der Waals surface area contributed by atoms with Gasteiger partial charge in [0.05, 0.1) is 57.1 Å². The van der Waals surface area contributed by atoms with E-state index in [1.165, 1.54) is 13.7 Å². The highest BCUT2D eigenvalue weighted by Gasteiger charge is 2.25. The zero-order chi connectivity index (χ0) is 54.4. The Morgan fingerprint density at radius 1 is 0.387 bits per heavy atom. The Morgan fingerprint density at radius 3 is 0.813 bits per heavy atom. The molecule has 15 nitrogen and oxygen atoms in total. The summed E-state index contributed by atoms with van der Waals surface area (Å²) in [6.07, 6.45) is -0.511. The summed E-state index contributed by atoms with van der Waals surface area (Å²) in [5.41, 5.74) is 6.97. The van der Waals surface area contributed by atoms with Crippen LogP contribution in [0, 0.1) is 20.8 Å². The van der Waals surface area contributed by atoms with E-state index in [2.05, 4.69) is 0 Å². The highest BCUT2D eigenvalue weighted by molar-refractivity contribution is 6.31. The normalized spacial score (nSPS) is 10.8. The van der Waals surface area contributed by atoms with E-state index in [-0.39, 0.29) is 37.0 Å². The van der Waals surface area contributed by atoms with Crippen LogP contribution in [-0.2, 0) is 33.6 Å². The molecule has 0 fully saturated rings. The van der Waals surface area contributed by atoms with Gasteiger partial charge in [-0.15, -0.1) is 0 Å². The number of methoxy groups -OCH3 is 3. The third-order valence-electron chi connectivity index (χ3n) is 12.5. The number of rotatable bonds is 12. The van der Waals surface area contributed by atoms with E-state index in [1.54, 1.807) is 169 Å². The van der Waals surface area contributed by atoms with Gasteiger partial charge in [0.2, 0.25) is 0 Å². The average Bonchev–Trinajstić information content (AvgIpc) is 3.93.